The predicted octanol–water partition coefficient (Wildman–Crippen LogP) is 2.21. The van der Waals surface area contributed by atoms with Crippen LogP contribution >= 0.6 is 0 Å². The second-order valence-electron chi connectivity index (χ2n) is 3.14. The van der Waals surface area contributed by atoms with E-state index in [1.165, 1.54) is 19.2 Å². The summed E-state index contributed by atoms with van der Waals surface area (Å²) in [5, 5.41) is 21.2. The van der Waals surface area contributed by atoms with Crippen LogP contribution in [0, 0.1) is 20.2 Å². The molecule has 0 fully saturated rings. The van der Waals surface area contributed by atoms with Crippen LogP contribution in [0.3, 0.4) is 0 Å². The third-order valence-electron chi connectivity index (χ3n) is 2.21. The molecule has 0 aliphatic carbocycles. The molecule has 1 aromatic rings. The van der Waals surface area contributed by atoms with E-state index in [4.69, 9.17) is 4.74 Å². The average molecular weight is 226 g/mol. The van der Waals surface area contributed by atoms with Crippen molar-refractivity contribution in [1.29, 1.82) is 0 Å². The minimum Gasteiger partial charge on any atom is -0.377 e. The largest absolute Gasteiger partial charge is 0.377 e. The van der Waals surface area contributed by atoms with E-state index in [1.54, 1.807) is 6.92 Å². The summed E-state index contributed by atoms with van der Waals surface area (Å²) < 4.78 is 4.95. The molecular formula is C9H10N2O5. The Balaban J connectivity index is 3.30. The monoisotopic (exact) mass is 226 g/mol. The number of nitrogens with zero attached hydrogens (tertiary/aromatic N) is 2. The van der Waals surface area contributed by atoms with Crippen molar-refractivity contribution >= 4 is 11.4 Å². The van der Waals surface area contributed by atoms with Gasteiger partial charge < -0.3 is 4.74 Å². The first kappa shape index (κ1) is 12.1. The maximum Gasteiger partial charge on any atom is 0.282 e. The predicted molar refractivity (Wildman–Crippen MR) is 55.2 cm³/mol. The Morgan fingerprint density at radius 3 is 2.31 bits per heavy atom. The van der Waals surface area contributed by atoms with E-state index in [1.807, 2.05) is 0 Å². The van der Waals surface area contributed by atoms with E-state index in [0.717, 1.165) is 6.07 Å². The van der Waals surface area contributed by atoms with Crippen molar-refractivity contribution < 1.29 is 14.6 Å². The Bertz CT molecular complexity index is 432. The number of rotatable bonds is 4. The molecule has 0 heterocycles. The highest BCUT2D eigenvalue weighted by Gasteiger charge is 2.22. The number of benzene rings is 1. The third kappa shape index (κ3) is 2.31. The molecule has 0 saturated heterocycles. The van der Waals surface area contributed by atoms with Crippen LogP contribution in [0.2, 0.25) is 0 Å². The molecule has 7 nitrogen and oxygen atoms in total. The molecule has 0 N–H and O–H groups in total. The standard InChI is InChI=1S/C9H10N2O5/c1-6(16-2)8-4-3-7(10(12)13)5-9(8)11(14)15/h3-6H,1-2H3. The van der Waals surface area contributed by atoms with Gasteiger partial charge in [0.25, 0.3) is 11.4 Å². The molecule has 0 aromatic heterocycles. The summed E-state index contributed by atoms with van der Waals surface area (Å²) in [4.78, 5) is 19.9. The van der Waals surface area contributed by atoms with Crippen LogP contribution < -0.4 is 0 Å². The summed E-state index contributed by atoms with van der Waals surface area (Å²) >= 11 is 0. The number of hydrogen-bond acceptors (Lipinski definition) is 5. The smallest absolute Gasteiger partial charge is 0.282 e. The first-order valence-electron chi connectivity index (χ1n) is 4.43. The fourth-order valence-corrected chi connectivity index (χ4v) is 1.27. The SMILES string of the molecule is COC(C)c1ccc([N+](=O)[O-])cc1[N+](=O)[O-]. The van der Waals surface area contributed by atoms with E-state index >= 15 is 0 Å². The van der Waals surface area contributed by atoms with E-state index in [9.17, 15) is 20.2 Å². The molecule has 0 saturated carbocycles. The summed E-state index contributed by atoms with van der Waals surface area (Å²) in [6, 6.07) is 3.49. The van der Waals surface area contributed by atoms with E-state index in [2.05, 4.69) is 0 Å². The molecule has 1 aromatic carbocycles. The van der Waals surface area contributed by atoms with Crippen LogP contribution in [-0.4, -0.2) is 17.0 Å². The van der Waals surface area contributed by atoms with Gasteiger partial charge in [-0.1, -0.05) is 0 Å². The third-order valence-corrected chi connectivity index (χ3v) is 2.21. The van der Waals surface area contributed by atoms with Crippen molar-refractivity contribution in [3.05, 3.63) is 44.0 Å². The van der Waals surface area contributed by atoms with Gasteiger partial charge in [0.1, 0.15) is 0 Å². The van der Waals surface area contributed by atoms with Gasteiger partial charge in [-0.05, 0) is 13.0 Å². The summed E-state index contributed by atoms with van der Waals surface area (Å²) in [5.41, 5.74) is -0.291. The minimum atomic E-state index is -0.672. The molecule has 7 heteroatoms. The summed E-state index contributed by atoms with van der Waals surface area (Å²) in [5.74, 6) is 0. The zero-order valence-electron chi connectivity index (χ0n) is 8.75. The van der Waals surface area contributed by atoms with Crippen molar-refractivity contribution in [3.63, 3.8) is 0 Å². The Morgan fingerprint density at radius 1 is 1.25 bits per heavy atom. The zero-order valence-corrected chi connectivity index (χ0v) is 8.75. The first-order valence-corrected chi connectivity index (χ1v) is 4.43. The molecule has 1 rings (SSSR count). The van der Waals surface area contributed by atoms with Crippen LogP contribution in [0.25, 0.3) is 0 Å². The first-order chi connectivity index (χ1) is 7.47. The molecule has 0 bridgehead atoms. The Labute approximate surface area is 90.9 Å². The number of methoxy groups -OCH3 is 1. The fraction of sp³-hybridized carbons (Fsp3) is 0.333. The minimum absolute atomic E-state index is 0.302. The number of nitro benzene ring substituents is 2. The highest BCUT2D eigenvalue weighted by Crippen LogP contribution is 2.30. The molecular weight excluding hydrogens is 216 g/mol. The van der Waals surface area contributed by atoms with Crippen LogP contribution in [0.1, 0.15) is 18.6 Å². The number of hydrogen-bond donors (Lipinski definition) is 0. The van der Waals surface area contributed by atoms with Gasteiger partial charge >= 0.3 is 0 Å². The van der Waals surface area contributed by atoms with Gasteiger partial charge in [-0.2, -0.15) is 0 Å². The lowest BCUT2D eigenvalue weighted by Crippen LogP contribution is -2.02. The molecule has 0 aliphatic rings. The van der Waals surface area contributed by atoms with Crippen LogP contribution in [-0.2, 0) is 4.74 Å². The van der Waals surface area contributed by atoms with E-state index in [0.29, 0.717) is 5.56 Å². The lowest BCUT2D eigenvalue weighted by atomic mass is 10.1. The number of nitro groups is 2. The highest BCUT2D eigenvalue weighted by atomic mass is 16.6. The molecule has 1 atom stereocenters. The topological polar surface area (TPSA) is 95.5 Å². The van der Waals surface area contributed by atoms with E-state index < -0.39 is 16.0 Å². The number of non-ortho nitro benzene ring substituents is 1. The number of ether oxygens (including phenoxy) is 1. The van der Waals surface area contributed by atoms with Crippen LogP contribution in [0.5, 0.6) is 0 Å². The lowest BCUT2D eigenvalue weighted by molar-refractivity contribution is -0.394. The molecule has 86 valence electrons. The van der Waals surface area contributed by atoms with Crippen molar-refractivity contribution in [3.8, 4) is 0 Å². The van der Waals surface area contributed by atoms with Crippen LogP contribution in [0.4, 0.5) is 11.4 Å². The van der Waals surface area contributed by atoms with Crippen molar-refractivity contribution in [2.24, 2.45) is 0 Å². The second-order valence-corrected chi connectivity index (χ2v) is 3.14. The normalized spacial score (nSPS) is 12.1. The molecule has 1 unspecified atom stereocenters. The highest BCUT2D eigenvalue weighted by molar-refractivity contribution is 5.49. The molecule has 16 heavy (non-hydrogen) atoms. The van der Waals surface area contributed by atoms with Gasteiger partial charge in [-0.25, -0.2) is 0 Å². The van der Waals surface area contributed by atoms with Crippen LogP contribution in [0.15, 0.2) is 18.2 Å². The average Bonchev–Trinajstić information content (AvgIpc) is 2.26. The maximum atomic E-state index is 10.7. The second kappa shape index (κ2) is 4.67. The molecule has 0 aliphatic heterocycles. The van der Waals surface area contributed by atoms with Gasteiger partial charge in [0.15, 0.2) is 0 Å². The van der Waals surface area contributed by atoms with Crippen molar-refractivity contribution in [1.82, 2.24) is 0 Å². The van der Waals surface area contributed by atoms with Crippen molar-refractivity contribution in [2.75, 3.05) is 7.11 Å². The Hall–Kier alpha value is -2.02. The maximum absolute atomic E-state index is 10.7. The zero-order chi connectivity index (χ0) is 12.3. The lowest BCUT2D eigenvalue weighted by Gasteiger charge is -2.09. The summed E-state index contributed by atoms with van der Waals surface area (Å²) in [6.07, 6.45) is -0.485. The van der Waals surface area contributed by atoms with Gasteiger partial charge in [0.05, 0.1) is 27.6 Å². The molecule has 0 spiro atoms. The van der Waals surface area contributed by atoms with Gasteiger partial charge in [0.2, 0.25) is 0 Å². The summed E-state index contributed by atoms with van der Waals surface area (Å²) in [6.45, 7) is 1.63. The quantitative estimate of drug-likeness (QED) is 0.579. The van der Waals surface area contributed by atoms with E-state index in [-0.39, 0.29) is 11.4 Å². The van der Waals surface area contributed by atoms with Gasteiger partial charge in [-0.3, -0.25) is 20.2 Å². The molecule has 0 amide bonds. The molecule has 0 radical (unpaired) electrons. The van der Waals surface area contributed by atoms with Crippen molar-refractivity contribution in [2.45, 2.75) is 13.0 Å². The Kier molecular flexibility index (Phi) is 3.51. The van der Waals surface area contributed by atoms with Gasteiger partial charge in [-0.15, -0.1) is 0 Å². The van der Waals surface area contributed by atoms with Gasteiger partial charge in [0, 0.05) is 13.2 Å². The summed E-state index contributed by atoms with van der Waals surface area (Å²) in [7, 11) is 1.41. The Morgan fingerprint density at radius 2 is 1.88 bits per heavy atom. The fourth-order valence-electron chi connectivity index (χ4n) is 1.27.